The Morgan fingerprint density at radius 3 is 2.61 bits per heavy atom. The van der Waals surface area contributed by atoms with E-state index in [2.05, 4.69) is 69.6 Å². The summed E-state index contributed by atoms with van der Waals surface area (Å²) < 4.78 is 3.22. The van der Waals surface area contributed by atoms with Crippen LogP contribution in [0.3, 0.4) is 0 Å². The molecular weight excluding hydrogens is 288 g/mol. The Morgan fingerprint density at radius 2 is 1.83 bits per heavy atom. The molecule has 3 rings (SSSR count). The molecule has 2 aromatic heterocycles. The van der Waals surface area contributed by atoms with E-state index in [0.717, 1.165) is 15.8 Å². The van der Waals surface area contributed by atoms with Gasteiger partial charge in [-0.15, -0.1) is 0 Å². The molecule has 0 spiro atoms. The van der Waals surface area contributed by atoms with Crippen molar-refractivity contribution in [3.05, 3.63) is 58.3 Å². The molecule has 0 saturated carbocycles. The van der Waals surface area contributed by atoms with Gasteiger partial charge in [-0.1, -0.05) is 24.3 Å². The molecule has 3 aromatic rings. The molecule has 0 unspecified atom stereocenters. The van der Waals surface area contributed by atoms with Crippen LogP contribution in [0.5, 0.6) is 0 Å². The summed E-state index contributed by atoms with van der Waals surface area (Å²) in [6.45, 7) is 4.20. The van der Waals surface area contributed by atoms with E-state index in [0.29, 0.717) is 0 Å². The molecule has 0 saturated heterocycles. The van der Waals surface area contributed by atoms with Crippen molar-refractivity contribution in [2.45, 2.75) is 13.8 Å². The van der Waals surface area contributed by atoms with E-state index in [1.54, 1.807) is 0 Å². The summed E-state index contributed by atoms with van der Waals surface area (Å²) in [6.07, 6.45) is 2.09. The monoisotopic (exact) mass is 300 g/mol. The smallest absolute Gasteiger partial charge is 0.137 e. The largest absolute Gasteiger partial charge is 0.303 e. The van der Waals surface area contributed by atoms with Crippen molar-refractivity contribution in [2.24, 2.45) is 0 Å². The predicted octanol–water partition coefficient (Wildman–Crippen LogP) is 4.38. The van der Waals surface area contributed by atoms with Crippen molar-refractivity contribution in [3.8, 4) is 11.3 Å². The van der Waals surface area contributed by atoms with Gasteiger partial charge in [0.15, 0.2) is 0 Å². The van der Waals surface area contributed by atoms with Crippen LogP contribution in [0.15, 0.2) is 47.1 Å². The van der Waals surface area contributed by atoms with E-state index >= 15 is 0 Å². The van der Waals surface area contributed by atoms with Gasteiger partial charge in [0.05, 0.1) is 5.69 Å². The van der Waals surface area contributed by atoms with Gasteiger partial charge in [-0.25, -0.2) is 4.98 Å². The quantitative estimate of drug-likeness (QED) is 0.652. The fourth-order valence-electron chi connectivity index (χ4n) is 2.15. The lowest BCUT2D eigenvalue weighted by molar-refractivity contribution is 1.08. The Hall–Kier alpha value is -1.61. The Bertz CT molecular complexity index is 728. The van der Waals surface area contributed by atoms with Crippen molar-refractivity contribution >= 4 is 21.6 Å². The summed E-state index contributed by atoms with van der Waals surface area (Å²) in [4.78, 5) is 4.69. The summed E-state index contributed by atoms with van der Waals surface area (Å²) in [5.74, 6) is 0. The number of rotatable bonds is 1. The Labute approximate surface area is 114 Å². The molecule has 0 aliphatic heterocycles. The van der Waals surface area contributed by atoms with E-state index in [1.165, 1.54) is 16.8 Å². The first kappa shape index (κ1) is 11.5. The molecule has 0 bridgehead atoms. The minimum atomic E-state index is 0.981. The van der Waals surface area contributed by atoms with Crippen LogP contribution < -0.4 is 0 Å². The summed E-state index contributed by atoms with van der Waals surface area (Å²) in [7, 11) is 0. The van der Waals surface area contributed by atoms with Crippen LogP contribution >= 0.6 is 15.9 Å². The molecule has 0 fully saturated rings. The van der Waals surface area contributed by atoms with Gasteiger partial charge in [-0.05, 0) is 47.5 Å². The van der Waals surface area contributed by atoms with Crippen LogP contribution in [-0.2, 0) is 0 Å². The maximum absolute atomic E-state index is 4.69. The Balaban J connectivity index is 2.26. The molecule has 2 nitrogen and oxygen atoms in total. The van der Waals surface area contributed by atoms with Crippen LogP contribution in [0.4, 0.5) is 0 Å². The second-order valence-electron chi connectivity index (χ2n) is 4.44. The highest BCUT2D eigenvalue weighted by Gasteiger charge is 2.08. The first-order valence-corrected chi connectivity index (χ1v) is 6.66. The van der Waals surface area contributed by atoms with Gasteiger partial charge < -0.3 is 4.40 Å². The van der Waals surface area contributed by atoms with Gasteiger partial charge in [-0.2, -0.15) is 0 Å². The highest BCUT2D eigenvalue weighted by Crippen LogP contribution is 2.25. The lowest BCUT2D eigenvalue weighted by Gasteiger charge is -2.01. The lowest BCUT2D eigenvalue weighted by atomic mass is 10.1. The molecule has 0 N–H and O–H groups in total. The number of hydrogen-bond acceptors (Lipinski definition) is 1. The van der Waals surface area contributed by atoms with Crippen LogP contribution in [0.2, 0.25) is 0 Å². The minimum Gasteiger partial charge on any atom is -0.303 e. The first-order valence-electron chi connectivity index (χ1n) is 5.87. The van der Waals surface area contributed by atoms with E-state index in [4.69, 9.17) is 0 Å². The number of halogens is 1. The van der Waals surface area contributed by atoms with E-state index in [9.17, 15) is 0 Å². The van der Waals surface area contributed by atoms with E-state index in [-0.39, 0.29) is 0 Å². The zero-order valence-electron chi connectivity index (χ0n) is 10.3. The van der Waals surface area contributed by atoms with Crippen LogP contribution in [0.1, 0.15) is 11.3 Å². The predicted molar refractivity (Wildman–Crippen MR) is 77.8 cm³/mol. The number of nitrogens with zero attached hydrogens (tertiary/aromatic N) is 2. The molecule has 3 heteroatoms. The second kappa shape index (κ2) is 4.25. The number of aryl methyl sites for hydroxylation is 2. The summed E-state index contributed by atoms with van der Waals surface area (Å²) in [5, 5.41) is 0. The summed E-state index contributed by atoms with van der Waals surface area (Å²) in [5.41, 5.74) is 5.61. The van der Waals surface area contributed by atoms with Gasteiger partial charge >= 0.3 is 0 Å². The summed E-state index contributed by atoms with van der Waals surface area (Å²) in [6, 6.07) is 12.4. The average Bonchev–Trinajstić information content (AvgIpc) is 2.79. The van der Waals surface area contributed by atoms with Gasteiger partial charge in [0, 0.05) is 21.9 Å². The first-order chi connectivity index (χ1) is 8.66. The topological polar surface area (TPSA) is 17.3 Å². The van der Waals surface area contributed by atoms with Gasteiger partial charge in [0.1, 0.15) is 5.65 Å². The molecule has 2 heterocycles. The zero-order valence-corrected chi connectivity index (χ0v) is 11.9. The maximum atomic E-state index is 4.69. The maximum Gasteiger partial charge on any atom is 0.137 e. The molecule has 0 radical (unpaired) electrons. The molecule has 90 valence electrons. The number of fused-ring (bicyclic) bond motifs is 1. The van der Waals surface area contributed by atoms with Crippen molar-refractivity contribution in [1.82, 2.24) is 9.38 Å². The van der Waals surface area contributed by atoms with Crippen LogP contribution in [0, 0.1) is 13.8 Å². The average molecular weight is 301 g/mol. The Kier molecular flexibility index (Phi) is 2.71. The number of pyridine rings is 1. The normalized spacial score (nSPS) is 11.1. The standard InChI is InChI=1S/C15H13BrN2/c1-10-5-3-4-6-12(10)14-9-18-11(2)13(16)7-8-15(18)17-14/h3-9H,1-2H3. The van der Waals surface area contributed by atoms with Gasteiger partial charge in [0.2, 0.25) is 0 Å². The zero-order chi connectivity index (χ0) is 12.7. The number of aromatic nitrogens is 2. The molecular formula is C15H13BrN2. The molecule has 0 aliphatic rings. The van der Waals surface area contributed by atoms with Crippen molar-refractivity contribution < 1.29 is 0 Å². The molecule has 0 aliphatic carbocycles. The third-order valence-electron chi connectivity index (χ3n) is 3.24. The fraction of sp³-hybridized carbons (Fsp3) is 0.133. The SMILES string of the molecule is Cc1ccccc1-c1cn2c(C)c(Br)ccc2n1. The molecule has 0 amide bonds. The molecule has 18 heavy (non-hydrogen) atoms. The second-order valence-corrected chi connectivity index (χ2v) is 5.29. The third kappa shape index (κ3) is 1.75. The van der Waals surface area contributed by atoms with Gasteiger partial charge in [0.25, 0.3) is 0 Å². The van der Waals surface area contributed by atoms with Crippen molar-refractivity contribution in [1.29, 1.82) is 0 Å². The van der Waals surface area contributed by atoms with E-state index < -0.39 is 0 Å². The van der Waals surface area contributed by atoms with E-state index in [1.807, 2.05) is 12.1 Å². The lowest BCUT2D eigenvalue weighted by Crippen LogP contribution is -1.89. The highest BCUT2D eigenvalue weighted by atomic mass is 79.9. The number of imidazole rings is 1. The number of hydrogen-bond donors (Lipinski definition) is 0. The van der Waals surface area contributed by atoms with Crippen LogP contribution in [0.25, 0.3) is 16.9 Å². The highest BCUT2D eigenvalue weighted by molar-refractivity contribution is 9.10. The van der Waals surface area contributed by atoms with Crippen molar-refractivity contribution in [2.75, 3.05) is 0 Å². The molecule has 0 atom stereocenters. The minimum absolute atomic E-state index is 0.981. The van der Waals surface area contributed by atoms with Crippen molar-refractivity contribution in [3.63, 3.8) is 0 Å². The third-order valence-corrected chi connectivity index (χ3v) is 4.08. The summed E-state index contributed by atoms with van der Waals surface area (Å²) >= 11 is 3.55. The van der Waals surface area contributed by atoms with Gasteiger partial charge in [-0.3, -0.25) is 0 Å². The van der Waals surface area contributed by atoms with Crippen LogP contribution in [-0.4, -0.2) is 9.38 Å². The molecule has 1 aromatic carbocycles. The number of benzene rings is 1. The Morgan fingerprint density at radius 1 is 1.06 bits per heavy atom. The fourth-order valence-corrected chi connectivity index (χ4v) is 2.48.